The van der Waals surface area contributed by atoms with E-state index >= 15 is 0 Å². The summed E-state index contributed by atoms with van der Waals surface area (Å²) in [6, 6.07) is 9.29. The van der Waals surface area contributed by atoms with Crippen LogP contribution in [0.2, 0.25) is 0 Å². The first-order valence-electron chi connectivity index (χ1n) is 7.70. The summed E-state index contributed by atoms with van der Waals surface area (Å²) in [4.78, 5) is 36.9. The summed E-state index contributed by atoms with van der Waals surface area (Å²) in [5.41, 5.74) is 0.0443. The fourth-order valence-electron chi connectivity index (χ4n) is 2.82. The monoisotopic (exact) mass is 328 g/mol. The lowest BCUT2D eigenvalue weighted by Crippen LogP contribution is -2.39. The van der Waals surface area contributed by atoms with Crippen LogP contribution in [0.15, 0.2) is 47.6 Å². The van der Waals surface area contributed by atoms with E-state index in [1.807, 2.05) is 30.3 Å². The number of methoxy groups -OCH3 is 1. The smallest absolute Gasteiger partial charge is 0.333 e. The largest absolute Gasteiger partial charge is 0.466 e. The van der Waals surface area contributed by atoms with Crippen LogP contribution in [0.3, 0.4) is 0 Å². The van der Waals surface area contributed by atoms with Crippen molar-refractivity contribution in [1.29, 1.82) is 0 Å². The Hall–Kier alpha value is -2.69. The van der Waals surface area contributed by atoms with Crippen molar-refractivity contribution in [2.75, 3.05) is 13.7 Å². The zero-order chi connectivity index (χ0) is 17.7. The van der Waals surface area contributed by atoms with Gasteiger partial charge in [-0.25, -0.2) is 4.79 Å². The zero-order valence-corrected chi connectivity index (χ0v) is 14.0. The molecule has 1 aliphatic carbocycles. The van der Waals surface area contributed by atoms with Gasteiger partial charge in [0.15, 0.2) is 11.2 Å². The van der Waals surface area contributed by atoms with Gasteiger partial charge in [-0.2, -0.15) is 0 Å². The number of carbonyl (C=O) groups is 3. The maximum atomic E-state index is 12.6. The van der Waals surface area contributed by atoms with Crippen LogP contribution in [-0.4, -0.2) is 31.4 Å². The normalized spacial score (nSPS) is 21.3. The molecular weight excluding hydrogens is 308 g/mol. The van der Waals surface area contributed by atoms with E-state index in [1.165, 1.54) is 14.0 Å². The molecule has 1 aliphatic rings. The Balaban J connectivity index is 2.59. The predicted octanol–water partition coefficient (Wildman–Crippen LogP) is 2.71. The number of esters is 2. The van der Waals surface area contributed by atoms with E-state index in [2.05, 4.69) is 0 Å². The van der Waals surface area contributed by atoms with Gasteiger partial charge in [-0.15, -0.1) is 0 Å². The second kappa shape index (κ2) is 7.25. The van der Waals surface area contributed by atoms with Gasteiger partial charge in [0.25, 0.3) is 0 Å². The number of Topliss-reactive ketones (excluding diaryl/α,β-unsaturated/α-hetero) is 1. The number of benzene rings is 1. The summed E-state index contributed by atoms with van der Waals surface area (Å²) in [6.45, 7) is 3.17. The minimum atomic E-state index is -1.50. The highest BCUT2D eigenvalue weighted by molar-refractivity contribution is 6.11. The maximum Gasteiger partial charge on any atom is 0.333 e. The van der Waals surface area contributed by atoms with Crippen molar-refractivity contribution in [1.82, 2.24) is 0 Å². The third kappa shape index (κ3) is 3.15. The predicted molar refractivity (Wildman–Crippen MR) is 88.9 cm³/mol. The quantitative estimate of drug-likeness (QED) is 0.614. The molecule has 0 saturated heterocycles. The molecule has 0 fully saturated rings. The lowest BCUT2D eigenvalue weighted by Gasteiger charge is -2.26. The van der Waals surface area contributed by atoms with E-state index in [1.54, 1.807) is 19.1 Å². The topological polar surface area (TPSA) is 69.7 Å². The van der Waals surface area contributed by atoms with Crippen LogP contribution in [-0.2, 0) is 23.9 Å². The number of allylic oxidation sites excluding steroid dienone is 1. The summed E-state index contributed by atoms with van der Waals surface area (Å²) in [6.07, 6.45) is 3.23. The third-order valence-electron chi connectivity index (χ3n) is 4.07. The van der Waals surface area contributed by atoms with Crippen molar-refractivity contribution in [3.05, 3.63) is 53.1 Å². The van der Waals surface area contributed by atoms with E-state index < -0.39 is 17.4 Å². The second-order valence-corrected chi connectivity index (χ2v) is 5.53. The van der Waals surface area contributed by atoms with Gasteiger partial charge in [-0.1, -0.05) is 36.4 Å². The van der Waals surface area contributed by atoms with E-state index in [0.717, 1.165) is 5.56 Å². The van der Waals surface area contributed by atoms with Crippen LogP contribution in [0.5, 0.6) is 0 Å². The molecule has 0 radical (unpaired) electrons. The van der Waals surface area contributed by atoms with Crippen LogP contribution >= 0.6 is 0 Å². The molecule has 0 bridgehead atoms. The molecule has 0 heterocycles. The summed E-state index contributed by atoms with van der Waals surface area (Å²) in [5.74, 6) is -1.56. The number of hydrogen-bond acceptors (Lipinski definition) is 5. The van der Waals surface area contributed by atoms with Crippen LogP contribution in [0.4, 0.5) is 0 Å². The maximum absolute atomic E-state index is 12.6. The molecule has 5 heteroatoms. The fourth-order valence-corrected chi connectivity index (χ4v) is 2.82. The first-order valence-corrected chi connectivity index (χ1v) is 7.70. The van der Waals surface area contributed by atoms with Gasteiger partial charge in [0.2, 0.25) is 0 Å². The standard InChI is InChI=1S/C19H20O5/c1-4-24-18(22)19(13(2)20)12-15(17(21)23-3)11-16(19)10-14-8-6-5-7-9-14/h5-11H,4,12H2,1-3H3/b16-10-. The Morgan fingerprint density at radius 1 is 1.21 bits per heavy atom. The molecule has 24 heavy (non-hydrogen) atoms. The van der Waals surface area contributed by atoms with Gasteiger partial charge in [0, 0.05) is 12.0 Å². The lowest BCUT2D eigenvalue weighted by atomic mass is 9.76. The molecule has 5 nitrogen and oxygen atoms in total. The lowest BCUT2D eigenvalue weighted by molar-refractivity contribution is -0.156. The van der Waals surface area contributed by atoms with Crippen LogP contribution in [0.25, 0.3) is 6.08 Å². The van der Waals surface area contributed by atoms with Crippen molar-refractivity contribution in [3.8, 4) is 0 Å². The van der Waals surface area contributed by atoms with Crippen molar-refractivity contribution in [2.24, 2.45) is 5.41 Å². The molecule has 0 N–H and O–H groups in total. The summed E-state index contributed by atoms with van der Waals surface area (Å²) >= 11 is 0. The summed E-state index contributed by atoms with van der Waals surface area (Å²) < 4.78 is 9.88. The first-order chi connectivity index (χ1) is 11.5. The van der Waals surface area contributed by atoms with Crippen molar-refractivity contribution in [2.45, 2.75) is 20.3 Å². The van der Waals surface area contributed by atoms with E-state index in [-0.39, 0.29) is 24.4 Å². The van der Waals surface area contributed by atoms with Gasteiger partial charge in [-0.3, -0.25) is 9.59 Å². The molecule has 0 aromatic heterocycles. The SMILES string of the molecule is CCOC(=O)C1(C(C)=O)CC(C(=O)OC)=C/C1=C/c1ccccc1. The van der Waals surface area contributed by atoms with Gasteiger partial charge >= 0.3 is 11.9 Å². The number of rotatable bonds is 5. The molecule has 1 atom stereocenters. The van der Waals surface area contributed by atoms with E-state index in [0.29, 0.717) is 5.57 Å². The number of ether oxygens (including phenoxy) is 2. The van der Waals surface area contributed by atoms with Crippen LogP contribution in [0, 0.1) is 5.41 Å². The Morgan fingerprint density at radius 2 is 1.88 bits per heavy atom. The van der Waals surface area contributed by atoms with Crippen molar-refractivity contribution in [3.63, 3.8) is 0 Å². The molecular formula is C19H20O5. The Kier molecular flexibility index (Phi) is 5.34. The van der Waals surface area contributed by atoms with Crippen molar-refractivity contribution < 1.29 is 23.9 Å². The minimum absolute atomic E-state index is 0.0491. The Morgan fingerprint density at radius 3 is 2.42 bits per heavy atom. The first kappa shape index (κ1) is 17.7. The highest BCUT2D eigenvalue weighted by atomic mass is 16.5. The van der Waals surface area contributed by atoms with Gasteiger partial charge in [0.05, 0.1) is 13.7 Å². The van der Waals surface area contributed by atoms with Crippen LogP contribution < -0.4 is 0 Å². The highest BCUT2D eigenvalue weighted by Gasteiger charge is 2.52. The summed E-state index contributed by atoms with van der Waals surface area (Å²) in [7, 11) is 1.27. The second-order valence-electron chi connectivity index (χ2n) is 5.53. The number of hydrogen-bond donors (Lipinski definition) is 0. The average molecular weight is 328 g/mol. The molecule has 0 amide bonds. The van der Waals surface area contributed by atoms with E-state index in [9.17, 15) is 14.4 Å². The fraction of sp³-hybridized carbons (Fsp3) is 0.316. The van der Waals surface area contributed by atoms with Gasteiger partial charge < -0.3 is 9.47 Å². The molecule has 0 saturated carbocycles. The highest BCUT2D eigenvalue weighted by Crippen LogP contribution is 2.45. The molecule has 0 aliphatic heterocycles. The van der Waals surface area contributed by atoms with E-state index in [4.69, 9.17) is 9.47 Å². The third-order valence-corrected chi connectivity index (χ3v) is 4.07. The van der Waals surface area contributed by atoms with Crippen LogP contribution in [0.1, 0.15) is 25.8 Å². The minimum Gasteiger partial charge on any atom is -0.466 e. The molecule has 2 rings (SSSR count). The van der Waals surface area contributed by atoms with Crippen molar-refractivity contribution >= 4 is 23.8 Å². The van der Waals surface area contributed by atoms with Gasteiger partial charge in [0.1, 0.15) is 0 Å². The Labute approximate surface area is 141 Å². The molecule has 1 unspecified atom stereocenters. The van der Waals surface area contributed by atoms with Gasteiger partial charge in [-0.05, 0) is 31.1 Å². The number of ketones is 1. The number of carbonyl (C=O) groups excluding carboxylic acids is 3. The molecule has 1 aromatic carbocycles. The molecule has 126 valence electrons. The molecule has 1 aromatic rings. The summed E-state index contributed by atoms with van der Waals surface area (Å²) in [5, 5.41) is 0. The Bertz CT molecular complexity index is 715. The zero-order valence-electron chi connectivity index (χ0n) is 14.0. The molecule has 0 spiro atoms. The average Bonchev–Trinajstić information content (AvgIpc) is 2.96.